The van der Waals surface area contributed by atoms with Gasteiger partial charge in [0.05, 0.1) is 6.61 Å². The maximum absolute atomic E-state index is 5.82. The Balaban J connectivity index is 1.40. The number of hydrogen-bond donors (Lipinski definition) is 2. The summed E-state index contributed by atoms with van der Waals surface area (Å²) in [6.07, 6.45) is 7.58. The second-order valence-electron chi connectivity index (χ2n) is 6.75. The minimum Gasteiger partial charge on any atom is -0.493 e. The Bertz CT molecular complexity index is 1040. The number of aromatic amines is 1. The average molecular weight is 372 g/mol. The molecule has 3 aromatic heterocycles. The fourth-order valence-corrected chi connectivity index (χ4v) is 3.20. The zero-order valence-electron chi connectivity index (χ0n) is 16.0. The van der Waals surface area contributed by atoms with Crippen molar-refractivity contribution in [1.82, 2.24) is 15.0 Å². The first-order valence-electron chi connectivity index (χ1n) is 9.64. The predicted molar refractivity (Wildman–Crippen MR) is 113 cm³/mol. The molecule has 5 nitrogen and oxygen atoms in total. The Labute approximate surface area is 164 Å². The zero-order valence-corrected chi connectivity index (χ0v) is 16.0. The molecular weight excluding hydrogens is 348 g/mol. The summed E-state index contributed by atoms with van der Waals surface area (Å²) in [6, 6.07) is 16.3. The van der Waals surface area contributed by atoms with Crippen LogP contribution in [0.4, 0.5) is 5.82 Å². The number of benzene rings is 1. The van der Waals surface area contributed by atoms with Crippen molar-refractivity contribution in [3.05, 3.63) is 83.8 Å². The second kappa shape index (κ2) is 8.57. The number of aromatic nitrogens is 3. The zero-order chi connectivity index (χ0) is 19.2. The highest BCUT2D eigenvalue weighted by Gasteiger charge is 2.06. The fraction of sp³-hybridized carbons (Fsp3) is 0.217. The third kappa shape index (κ3) is 4.14. The molecule has 0 radical (unpaired) electrons. The van der Waals surface area contributed by atoms with Crippen LogP contribution in [0.3, 0.4) is 0 Å². The van der Waals surface area contributed by atoms with E-state index >= 15 is 0 Å². The lowest BCUT2D eigenvalue weighted by Crippen LogP contribution is -2.05. The molecular formula is C23H24N4O. The van der Waals surface area contributed by atoms with Crippen molar-refractivity contribution in [2.75, 3.05) is 11.9 Å². The molecule has 28 heavy (non-hydrogen) atoms. The van der Waals surface area contributed by atoms with Gasteiger partial charge in [0, 0.05) is 42.5 Å². The molecule has 0 aliphatic heterocycles. The van der Waals surface area contributed by atoms with E-state index in [4.69, 9.17) is 4.74 Å². The summed E-state index contributed by atoms with van der Waals surface area (Å²) >= 11 is 0. The number of pyridine rings is 2. The fourth-order valence-electron chi connectivity index (χ4n) is 3.20. The molecule has 1 aromatic carbocycles. The summed E-state index contributed by atoms with van der Waals surface area (Å²) < 4.78 is 5.82. The lowest BCUT2D eigenvalue weighted by atomic mass is 10.1. The Kier molecular flexibility index (Phi) is 5.52. The molecule has 2 N–H and O–H groups in total. The number of anilines is 1. The summed E-state index contributed by atoms with van der Waals surface area (Å²) in [5.74, 6) is 1.79. The molecule has 0 aliphatic carbocycles. The van der Waals surface area contributed by atoms with Crippen LogP contribution in [-0.4, -0.2) is 21.6 Å². The largest absolute Gasteiger partial charge is 0.493 e. The van der Waals surface area contributed by atoms with Crippen LogP contribution in [0.1, 0.15) is 30.0 Å². The van der Waals surface area contributed by atoms with Crippen LogP contribution < -0.4 is 10.1 Å². The molecule has 0 amide bonds. The van der Waals surface area contributed by atoms with Gasteiger partial charge in [-0.3, -0.25) is 0 Å². The number of nitrogens with zero attached hydrogens (tertiary/aromatic N) is 2. The molecule has 0 saturated heterocycles. The molecule has 0 bridgehead atoms. The molecule has 5 heteroatoms. The van der Waals surface area contributed by atoms with Gasteiger partial charge in [-0.15, -0.1) is 0 Å². The van der Waals surface area contributed by atoms with E-state index in [0.717, 1.165) is 47.6 Å². The van der Waals surface area contributed by atoms with Crippen LogP contribution in [0.25, 0.3) is 11.0 Å². The molecule has 0 aliphatic rings. The maximum Gasteiger partial charge on any atom is 0.137 e. The normalized spacial score (nSPS) is 10.9. The van der Waals surface area contributed by atoms with Crippen molar-refractivity contribution in [1.29, 1.82) is 0 Å². The Morgan fingerprint density at radius 2 is 1.93 bits per heavy atom. The lowest BCUT2D eigenvalue weighted by Gasteiger charge is -2.12. The van der Waals surface area contributed by atoms with E-state index in [2.05, 4.69) is 45.4 Å². The minimum absolute atomic E-state index is 0.681. The number of H-pyrrole nitrogens is 1. The van der Waals surface area contributed by atoms with Crippen molar-refractivity contribution >= 4 is 16.9 Å². The van der Waals surface area contributed by atoms with Gasteiger partial charge in [-0.1, -0.05) is 31.2 Å². The highest BCUT2D eigenvalue weighted by molar-refractivity contribution is 5.79. The van der Waals surface area contributed by atoms with Crippen LogP contribution in [-0.2, 0) is 13.0 Å². The number of rotatable bonds is 8. The van der Waals surface area contributed by atoms with Gasteiger partial charge in [0.15, 0.2) is 0 Å². The van der Waals surface area contributed by atoms with Gasteiger partial charge in [0.1, 0.15) is 17.2 Å². The lowest BCUT2D eigenvalue weighted by molar-refractivity contribution is 0.314. The van der Waals surface area contributed by atoms with Crippen molar-refractivity contribution in [2.45, 2.75) is 26.3 Å². The molecule has 0 atom stereocenters. The molecule has 0 fully saturated rings. The average Bonchev–Trinajstić information content (AvgIpc) is 3.15. The Morgan fingerprint density at radius 3 is 2.79 bits per heavy atom. The molecule has 0 saturated carbocycles. The van der Waals surface area contributed by atoms with Crippen molar-refractivity contribution in [3.8, 4) is 5.75 Å². The molecule has 3 heterocycles. The molecule has 4 rings (SSSR count). The topological polar surface area (TPSA) is 62.8 Å². The number of hydrogen-bond acceptors (Lipinski definition) is 4. The van der Waals surface area contributed by atoms with Crippen molar-refractivity contribution < 1.29 is 4.74 Å². The van der Waals surface area contributed by atoms with Gasteiger partial charge in [-0.05, 0) is 41.8 Å². The molecule has 0 unspecified atom stereocenters. The Morgan fingerprint density at radius 1 is 1.00 bits per heavy atom. The quantitative estimate of drug-likeness (QED) is 0.459. The first-order chi connectivity index (χ1) is 13.8. The predicted octanol–water partition coefficient (Wildman–Crippen LogP) is 4.95. The van der Waals surface area contributed by atoms with Crippen molar-refractivity contribution in [2.24, 2.45) is 0 Å². The standard InChI is InChI=1S/C23H24N4O/c1-2-12-28-21-8-4-3-6-18(21)15-26-22-10-9-17(14-25-22)13-19-16-27-23-20(19)7-5-11-24-23/h3-11,14,16H,2,12-13,15H2,1H3,(H,24,27)(H,25,26). The summed E-state index contributed by atoms with van der Waals surface area (Å²) in [4.78, 5) is 12.1. The third-order valence-electron chi connectivity index (χ3n) is 4.65. The molecule has 4 aromatic rings. The van der Waals surface area contributed by atoms with Gasteiger partial charge in [0.2, 0.25) is 0 Å². The first-order valence-corrected chi connectivity index (χ1v) is 9.64. The van der Waals surface area contributed by atoms with E-state index in [1.54, 1.807) is 6.20 Å². The maximum atomic E-state index is 5.82. The van der Waals surface area contributed by atoms with Crippen LogP contribution >= 0.6 is 0 Å². The van der Waals surface area contributed by atoms with Crippen molar-refractivity contribution in [3.63, 3.8) is 0 Å². The van der Waals surface area contributed by atoms with Crippen LogP contribution in [0.2, 0.25) is 0 Å². The molecule has 142 valence electrons. The summed E-state index contributed by atoms with van der Waals surface area (Å²) in [5.41, 5.74) is 4.45. The Hall–Kier alpha value is -3.34. The number of ether oxygens (including phenoxy) is 1. The van der Waals surface area contributed by atoms with Gasteiger partial charge >= 0.3 is 0 Å². The smallest absolute Gasteiger partial charge is 0.137 e. The van der Waals surface area contributed by atoms with Gasteiger partial charge in [-0.2, -0.15) is 0 Å². The van der Waals surface area contributed by atoms with Gasteiger partial charge in [0.25, 0.3) is 0 Å². The van der Waals surface area contributed by atoms with Gasteiger partial charge < -0.3 is 15.0 Å². The highest BCUT2D eigenvalue weighted by atomic mass is 16.5. The summed E-state index contributed by atoms with van der Waals surface area (Å²) in [6.45, 7) is 3.52. The summed E-state index contributed by atoms with van der Waals surface area (Å²) in [7, 11) is 0. The minimum atomic E-state index is 0.681. The number of nitrogens with one attached hydrogen (secondary N) is 2. The monoisotopic (exact) mass is 372 g/mol. The van der Waals surface area contributed by atoms with E-state index in [-0.39, 0.29) is 0 Å². The molecule has 0 spiro atoms. The first kappa shape index (κ1) is 18.0. The van der Waals surface area contributed by atoms with E-state index in [1.807, 2.05) is 42.7 Å². The van der Waals surface area contributed by atoms with E-state index in [0.29, 0.717) is 6.54 Å². The van der Waals surface area contributed by atoms with Gasteiger partial charge in [-0.25, -0.2) is 9.97 Å². The van der Waals surface area contributed by atoms with E-state index in [1.165, 1.54) is 11.1 Å². The van der Waals surface area contributed by atoms with Crippen LogP contribution in [0.5, 0.6) is 5.75 Å². The summed E-state index contributed by atoms with van der Waals surface area (Å²) in [5, 5.41) is 4.55. The van der Waals surface area contributed by atoms with E-state index in [9.17, 15) is 0 Å². The third-order valence-corrected chi connectivity index (χ3v) is 4.65. The van der Waals surface area contributed by atoms with Crippen LogP contribution in [0, 0.1) is 0 Å². The van der Waals surface area contributed by atoms with E-state index < -0.39 is 0 Å². The SMILES string of the molecule is CCCOc1ccccc1CNc1ccc(Cc2c[nH]c3ncccc23)cn1. The number of para-hydroxylation sites is 1. The van der Waals surface area contributed by atoms with Crippen LogP contribution in [0.15, 0.2) is 67.1 Å². The number of fused-ring (bicyclic) bond motifs is 1. The second-order valence-corrected chi connectivity index (χ2v) is 6.75. The highest BCUT2D eigenvalue weighted by Crippen LogP contribution is 2.21.